The summed E-state index contributed by atoms with van der Waals surface area (Å²) in [6, 6.07) is 56.2. The number of nitrogens with zero attached hydrogens (tertiary/aromatic N) is 6. The van der Waals surface area contributed by atoms with Crippen LogP contribution in [0.2, 0.25) is 0 Å². The summed E-state index contributed by atoms with van der Waals surface area (Å²) in [5.41, 5.74) is 7.98. The predicted molar refractivity (Wildman–Crippen MR) is 360 cm³/mol. The molecule has 3 heterocycles. The van der Waals surface area contributed by atoms with Gasteiger partial charge in [0.05, 0.1) is 79.6 Å². The third-order valence-corrected chi connectivity index (χ3v) is 15.2. The highest BCUT2D eigenvalue weighted by molar-refractivity contribution is 5.84. The van der Waals surface area contributed by atoms with Gasteiger partial charge in [-0.05, 0) is 153 Å². The highest BCUT2D eigenvalue weighted by Crippen LogP contribution is 2.36. The Kier molecular flexibility index (Phi) is 19.0. The first-order chi connectivity index (χ1) is 44.2. The molecule has 0 unspecified atom stereocenters. The van der Waals surface area contributed by atoms with Crippen LogP contribution in [-0.2, 0) is 0 Å². The zero-order chi connectivity index (χ0) is 64.3. The number of methoxy groups -OCH3 is 5. The van der Waals surface area contributed by atoms with Crippen molar-refractivity contribution in [3.05, 3.63) is 270 Å². The van der Waals surface area contributed by atoms with Crippen molar-refractivity contribution in [2.75, 3.05) is 35.5 Å². The molecule has 3 N–H and O–H groups in total. The monoisotopic (exact) mass is 1210 g/mol. The second-order valence-electron chi connectivity index (χ2n) is 20.6. The Morgan fingerprint density at radius 3 is 1.04 bits per heavy atom. The summed E-state index contributed by atoms with van der Waals surface area (Å²) in [5, 5.41) is 32.8. The molecule has 0 radical (unpaired) electrons. The van der Waals surface area contributed by atoms with Crippen LogP contribution in [0.15, 0.2) is 202 Å². The quantitative estimate of drug-likeness (QED) is 0.0925. The first-order valence-electron chi connectivity index (χ1n) is 28.7. The van der Waals surface area contributed by atoms with E-state index in [1.807, 2.05) is 106 Å². The van der Waals surface area contributed by atoms with E-state index in [-0.39, 0.29) is 33.9 Å². The zero-order valence-corrected chi connectivity index (χ0v) is 51.2. The molecule has 0 spiro atoms. The van der Waals surface area contributed by atoms with Crippen LogP contribution in [-0.4, -0.2) is 79.5 Å². The lowest BCUT2D eigenvalue weighted by molar-refractivity contribution is 0.373. The molecule has 0 bridgehead atoms. The van der Waals surface area contributed by atoms with Crippen LogP contribution in [0, 0.1) is 20.8 Å². The first-order valence-corrected chi connectivity index (χ1v) is 28.7. The van der Waals surface area contributed by atoms with Gasteiger partial charge in [0.1, 0.15) is 34.7 Å². The Morgan fingerprint density at radius 1 is 0.330 bits per heavy atom. The van der Waals surface area contributed by atoms with Crippen molar-refractivity contribution in [3.8, 4) is 63.1 Å². The van der Waals surface area contributed by atoms with Gasteiger partial charge in [-0.2, -0.15) is 0 Å². The van der Waals surface area contributed by atoms with Crippen molar-refractivity contribution in [3.63, 3.8) is 0 Å². The first kappa shape index (κ1) is 62.1. The molecule has 3 aromatic heterocycles. The highest BCUT2D eigenvalue weighted by atomic mass is 16.5. The van der Waals surface area contributed by atoms with Crippen LogP contribution in [0.3, 0.4) is 0 Å². The van der Waals surface area contributed by atoms with Gasteiger partial charge in [-0.1, -0.05) is 109 Å². The number of rotatable bonds is 14. The third kappa shape index (κ3) is 12.9. The molecule has 0 aliphatic rings. The van der Waals surface area contributed by atoms with E-state index in [2.05, 4.69) is 0 Å². The number of aromatic nitrogens is 6. The molecule has 12 rings (SSSR count). The summed E-state index contributed by atoms with van der Waals surface area (Å²) >= 11 is 0. The summed E-state index contributed by atoms with van der Waals surface area (Å²) < 4.78 is 31.3. The van der Waals surface area contributed by atoms with Gasteiger partial charge in [0.2, 0.25) is 0 Å². The number of aryl methyl sites for hydroxylation is 2. The Bertz CT molecular complexity index is 4970. The summed E-state index contributed by atoms with van der Waals surface area (Å²) in [5.74, 6) is 3.42. The number of phenolic OH excluding ortho intramolecular Hbond substituents is 3. The minimum absolute atomic E-state index is 0.00388. The molecule has 9 aromatic carbocycles. The lowest BCUT2D eigenvalue weighted by atomic mass is 10.1. The smallest absolute Gasteiger partial charge is 0.266 e. The minimum Gasteiger partial charge on any atom is -0.504 e. The third-order valence-electron chi connectivity index (χ3n) is 15.2. The number of ether oxygens (including phenoxy) is 5. The maximum atomic E-state index is 13.6. The summed E-state index contributed by atoms with van der Waals surface area (Å²) in [6.45, 7) is 5.97. The van der Waals surface area contributed by atoms with Gasteiger partial charge in [0.25, 0.3) is 16.7 Å². The molecular weight excluding hydrogens is 1150 g/mol. The molecule has 0 saturated heterocycles. The van der Waals surface area contributed by atoms with Crippen LogP contribution in [0.25, 0.3) is 86.2 Å². The Labute approximate surface area is 523 Å². The number of para-hydroxylation sites is 8. The fraction of sp³-hybridized carbons (Fsp3) is 0.108. The average Bonchev–Trinajstić information content (AvgIpc) is 0.809. The summed E-state index contributed by atoms with van der Waals surface area (Å²) in [6.07, 6.45) is 10.3. The molecular formula is C74H64N6O11. The second-order valence-corrected chi connectivity index (χ2v) is 20.6. The molecule has 0 aliphatic heterocycles. The van der Waals surface area contributed by atoms with E-state index < -0.39 is 0 Å². The number of fused-ring (bicyclic) bond motifs is 3. The molecule has 0 amide bonds. The van der Waals surface area contributed by atoms with Crippen molar-refractivity contribution >= 4 is 69.2 Å². The standard InChI is InChI=1S/C25H22N2O5.C25H22N2O3.C24H20N2O3/c1-30-19-11-7-12-20(31-2)23(19)27-22(26-18-10-5-4-9-17(18)25(27)29)15-14-16-8-6-13-21(32-3)24(16)28;1-16-8-6-12-21(17(16)2)27-23(26-20-11-5-4-10-19(20)25(27)29)15-14-18-9-7-13-22(30-3)24(18)28;1-16-8-3-6-12-20(16)26-22(25-19-11-5-4-10-18(19)24(26)28)15-14-17-9-7-13-21(29-2)23(17)27/h4-15,28H,1-3H3;4-15,28H,1-3H3;3-15,27H,1-2H3/b3*15-14+. The van der Waals surface area contributed by atoms with Gasteiger partial charge in [-0.25, -0.2) is 15.0 Å². The predicted octanol–water partition coefficient (Wildman–Crippen LogP) is 13.8. The van der Waals surface area contributed by atoms with Gasteiger partial charge in [-0.3, -0.25) is 28.1 Å². The minimum atomic E-state index is -0.270. The van der Waals surface area contributed by atoms with Crippen molar-refractivity contribution in [1.29, 1.82) is 0 Å². The van der Waals surface area contributed by atoms with Crippen molar-refractivity contribution in [2.24, 2.45) is 0 Å². The van der Waals surface area contributed by atoms with Gasteiger partial charge in [0, 0.05) is 16.7 Å². The van der Waals surface area contributed by atoms with E-state index in [0.29, 0.717) is 101 Å². The maximum Gasteiger partial charge on any atom is 0.266 e. The lowest BCUT2D eigenvalue weighted by Crippen LogP contribution is -2.23. The molecule has 0 fully saturated rings. The summed E-state index contributed by atoms with van der Waals surface area (Å²) in [7, 11) is 7.55. The fourth-order valence-electron chi connectivity index (χ4n) is 10.3. The fourth-order valence-corrected chi connectivity index (χ4v) is 10.3. The van der Waals surface area contributed by atoms with E-state index in [4.69, 9.17) is 38.6 Å². The van der Waals surface area contributed by atoms with E-state index >= 15 is 0 Å². The normalized spacial score (nSPS) is 11.2. The molecule has 0 saturated carbocycles. The highest BCUT2D eigenvalue weighted by Gasteiger charge is 2.21. The van der Waals surface area contributed by atoms with Crippen LogP contribution >= 0.6 is 0 Å². The SMILES string of the molecule is COc1cccc(/C=C/c2nc3ccccc3c(=O)n2-c2c(OC)cccc2OC)c1O.COc1cccc(/C=C/c2nc3ccccc3c(=O)n2-c2cccc(C)c2C)c1O.COc1cccc(/C=C/c2nc3ccccc3c(=O)n2-c2ccccc2C)c1O. The van der Waals surface area contributed by atoms with Crippen molar-refractivity contribution in [1.82, 2.24) is 28.7 Å². The Morgan fingerprint density at radius 2 is 0.637 bits per heavy atom. The molecule has 17 nitrogen and oxygen atoms in total. The van der Waals surface area contributed by atoms with Crippen LogP contribution < -0.4 is 40.4 Å². The van der Waals surface area contributed by atoms with E-state index in [1.54, 1.807) is 149 Å². The van der Waals surface area contributed by atoms with Gasteiger partial charge < -0.3 is 39.0 Å². The van der Waals surface area contributed by atoms with E-state index in [9.17, 15) is 29.7 Å². The molecule has 0 atom stereocenters. The largest absolute Gasteiger partial charge is 0.504 e. The molecule has 91 heavy (non-hydrogen) atoms. The van der Waals surface area contributed by atoms with E-state index in [1.165, 1.54) is 40.1 Å². The number of aromatic hydroxyl groups is 3. The number of hydrogen-bond donors (Lipinski definition) is 3. The average molecular weight is 1210 g/mol. The summed E-state index contributed by atoms with van der Waals surface area (Å²) in [4.78, 5) is 54.4. The van der Waals surface area contributed by atoms with Crippen LogP contribution in [0.1, 0.15) is 50.9 Å². The molecule has 17 heteroatoms. The van der Waals surface area contributed by atoms with Gasteiger partial charge in [0.15, 0.2) is 34.5 Å². The van der Waals surface area contributed by atoms with Crippen molar-refractivity contribution < 1.29 is 39.0 Å². The Hall–Kier alpha value is -12.0. The number of phenols is 3. The van der Waals surface area contributed by atoms with Gasteiger partial charge in [-0.15, -0.1) is 0 Å². The topological polar surface area (TPSA) is 212 Å². The molecule has 0 aliphatic carbocycles. The second kappa shape index (κ2) is 27.8. The molecule has 456 valence electrons. The lowest BCUT2D eigenvalue weighted by Gasteiger charge is -2.17. The van der Waals surface area contributed by atoms with E-state index in [0.717, 1.165) is 28.1 Å². The Balaban J connectivity index is 0.000000150. The maximum absolute atomic E-state index is 13.6. The zero-order valence-electron chi connectivity index (χ0n) is 51.2. The van der Waals surface area contributed by atoms with Crippen molar-refractivity contribution in [2.45, 2.75) is 20.8 Å². The van der Waals surface area contributed by atoms with Gasteiger partial charge >= 0.3 is 0 Å². The van der Waals surface area contributed by atoms with Crippen LogP contribution in [0.4, 0.5) is 0 Å². The van der Waals surface area contributed by atoms with Crippen LogP contribution in [0.5, 0.6) is 46.0 Å². The number of benzene rings is 9. The number of hydrogen-bond acceptors (Lipinski definition) is 14. The molecule has 12 aromatic rings.